The van der Waals surface area contributed by atoms with Crippen LogP contribution in [0.4, 0.5) is 5.69 Å². The van der Waals surface area contributed by atoms with E-state index in [-0.39, 0.29) is 0 Å². The van der Waals surface area contributed by atoms with E-state index in [1.165, 1.54) is 0 Å². The summed E-state index contributed by atoms with van der Waals surface area (Å²) in [5.41, 5.74) is 2.26. The Hall–Kier alpha value is -2.82. The van der Waals surface area contributed by atoms with E-state index in [1.54, 1.807) is 60.7 Å². The number of halogens is 2. The van der Waals surface area contributed by atoms with E-state index < -0.39 is 18.0 Å². The second kappa shape index (κ2) is 8.91. The predicted molar refractivity (Wildman–Crippen MR) is 111 cm³/mol. The van der Waals surface area contributed by atoms with Crippen molar-refractivity contribution in [2.45, 2.75) is 13.0 Å². The van der Waals surface area contributed by atoms with Crippen molar-refractivity contribution in [3.8, 4) is 0 Å². The molecule has 0 aliphatic rings. The van der Waals surface area contributed by atoms with Gasteiger partial charge in [0.25, 0.3) is 5.91 Å². The van der Waals surface area contributed by atoms with Crippen LogP contribution in [-0.4, -0.2) is 11.9 Å². The van der Waals surface area contributed by atoms with Crippen molar-refractivity contribution < 1.29 is 14.3 Å². The van der Waals surface area contributed by atoms with Crippen molar-refractivity contribution in [1.82, 2.24) is 0 Å². The normalized spacial score (nSPS) is 11.5. The molecule has 0 heterocycles. The quantitative estimate of drug-likeness (QED) is 0.534. The third-order valence-corrected chi connectivity index (χ3v) is 4.39. The molecule has 0 fully saturated rings. The van der Waals surface area contributed by atoms with Gasteiger partial charge in [-0.1, -0.05) is 71.2 Å². The Morgan fingerprint density at radius 3 is 2.21 bits per heavy atom. The monoisotopic (exact) mass is 413 g/mol. The molecule has 3 aromatic carbocycles. The first-order chi connectivity index (χ1) is 13.4. The van der Waals surface area contributed by atoms with E-state index in [4.69, 9.17) is 27.9 Å². The molecule has 142 valence electrons. The summed E-state index contributed by atoms with van der Waals surface area (Å²) in [5.74, 6) is -1.10. The van der Waals surface area contributed by atoms with Crippen LogP contribution in [0.3, 0.4) is 0 Å². The summed E-state index contributed by atoms with van der Waals surface area (Å²) in [6.45, 7) is 1.88. The number of esters is 1. The number of hydrogen-bond donors (Lipinski definition) is 1. The SMILES string of the molecule is Cc1cccc(C(=O)OC(C(=O)Nc2cc(Cl)cc(Cl)c2)c2ccccc2)c1. The van der Waals surface area contributed by atoms with Crippen LogP contribution in [0.5, 0.6) is 0 Å². The van der Waals surface area contributed by atoms with Crippen LogP contribution in [0.25, 0.3) is 0 Å². The number of hydrogen-bond acceptors (Lipinski definition) is 3. The summed E-state index contributed by atoms with van der Waals surface area (Å²) >= 11 is 12.0. The fraction of sp³-hybridized carbons (Fsp3) is 0.0909. The highest BCUT2D eigenvalue weighted by molar-refractivity contribution is 6.35. The Balaban J connectivity index is 1.86. The number of carbonyl (C=O) groups is 2. The lowest BCUT2D eigenvalue weighted by Gasteiger charge is -2.18. The van der Waals surface area contributed by atoms with E-state index in [0.717, 1.165) is 5.56 Å². The first-order valence-electron chi connectivity index (χ1n) is 8.52. The predicted octanol–water partition coefficient (Wildman–Crippen LogP) is 5.84. The van der Waals surface area contributed by atoms with E-state index in [1.807, 2.05) is 19.1 Å². The Morgan fingerprint density at radius 1 is 0.893 bits per heavy atom. The smallest absolute Gasteiger partial charge is 0.339 e. The van der Waals surface area contributed by atoms with Crippen LogP contribution in [0, 0.1) is 6.92 Å². The van der Waals surface area contributed by atoms with Gasteiger partial charge >= 0.3 is 5.97 Å². The van der Waals surface area contributed by atoms with Crippen molar-refractivity contribution in [2.75, 3.05) is 5.32 Å². The molecule has 3 rings (SSSR count). The Morgan fingerprint density at radius 2 is 1.57 bits per heavy atom. The van der Waals surface area contributed by atoms with Crippen molar-refractivity contribution in [2.24, 2.45) is 0 Å². The minimum atomic E-state index is -1.13. The van der Waals surface area contributed by atoms with Crippen molar-refractivity contribution in [1.29, 1.82) is 0 Å². The molecule has 28 heavy (non-hydrogen) atoms. The first kappa shape index (κ1) is 19.9. The van der Waals surface area contributed by atoms with Crippen molar-refractivity contribution >= 4 is 40.8 Å². The number of rotatable bonds is 5. The van der Waals surface area contributed by atoms with Gasteiger partial charge in [-0.3, -0.25) is 4.79 Å². The highest BCUT2D eigenvalue weighted by Gasteiger charge is 2.26. The van der Waals surface area contributed by atoms with E-state index in [2.05, 4.69) is 5.32 Å². The van der Waals surface area contributed by atoms with Gasteiger partial charge in [0.05, 0.1) is 5.56 Å². The fourth-order valence-corrected chi connectivity index (χ4v) is 3.21. The standard InChI is InChI=1S/C22H17Cl2NO3/c1-14-6-5-9-16(10-14)22(27)28-20(15-7-3-2-4-8-15)21(26)25-19-12-17(23)11-18(24)13-19/h2-13,20H,1H3,(H,25,26). The number of nitrogens with one attached hydrogen (secondary N) is 1. The highest BCUT2D eigenvalue weighted by Crippen LogP contribution is 2.25. The molecule has 0 aromatic heterocycles. The maximum absolute atomic E-state index is 12.9. The average molecular weight is 414 g/mol. The van der Waals surface area contributed by atoms with E-state index >= 15 is 0 Å². The molecule has 1 N–H and O–H groups in total. The van der Waals surface area contributed by atoms with Crippen LogP contribution < -0.4 is 5.32 Å². The second-order valence-corrected chi connectivity index (χ2v) is 7.09. The van der Waals surface area contributed by atoms with E-state index in [0.29, 0.717) is 26.9 Å². The van der Waals surface area contributed by atoms with Gasteiger partial charge in [0.2, 0.25) is 6.10 Å². The number of aryl methyl sites for hydroxylation is 1. The minimum absolute atomic E-state index is 0.375. The molecule has 0 aliphatic heterocycles. The lowest BCUT2D eigenvalue weighted by molar-refractivity contribution is -0.125. The summed E-state index contributed by atoms with van der Waals surface area (Å²) in [7, 11) is 0. The van der Waals surface area contributed by atoms with Crippen LogP contribution in [0.15, 0.2) is 72.8 Å². The molecule has 0 aliphatic carbocycles. The summed E-state index contributed by atoms with van der Waals surface area (Å²) in [6.07, 6.45) is -1.13. The molecule has 0 saturated heterocycles. The van der Waals surface area contributed by atoms with Gasteiger partial charge in [-0.2, -0.15) is 0 Å². The zero-order valence-electron chi connectivity index (χ0n) is 15.0. The largest absolute Gasteiger partial charge is 0.444 e. The molecule has 1 unspecified atom stereocenters. The van der Waals surface area contributed by atoms with Gasteiger partial charge in [0.1, 0.15) is 0 Å². The van der Waals surface area contributed by atoms with Gasteiger partial charge in [-0.25, -0.2) is 4.79 Å². The molecule has 0 radical (unpaired) electrons. The summed E-state index contributed by atoms with van der Waals surface area (Å²) in [4.78, 5) is 25.5. The molecular formula is C22H17Cl2NO3. The summed E-state index contributed by atoms with van der Waals surface area (Å²) in [5, 5.41) is 3.48. The molecule has 0 bridgehead atoms. The van der Waals surface area contributed by atoms with Crippen molar-refractivity contribution in [3.63, 3.8) is 0 Å². The molecule has 1 amide bonds. The Labute approximate surface area is 173 Å². The first-order valence-corrected chi connectivity index (χ1v) is 9.27. The van der Waals surface area contributed by atoms with Gasteiger partial charge in [0, 0.05) is 21.3 Å². The number of benzene rings is 3. The maximum Gasteiger partial charge on any atom is 0.339 e. The molecule has 0 saturated carbocycles. The maximum atomic E-state index is 12.9. The van der Waals surface area contributed by atoms with Crippen LogP contribution in [-0.2, 0) is 9.53 Å². The molecule has 1 atom stereocenters. The highest BCUT2D eigenvalue weighted by atomic mass is 35.5. The lowest BCUT2D eigenvalue weighted by atomic mass is 10.1. The molecule has 0 spiro atoms. The fourth-order valence-electron chi connectivity index (χ4n) is 2.68. The van der Waals surface area contributed by atoms with Gasteiger partial charge < -0.3 is 10.1 Å². The Kier molecular flexibility index (Phi) is 6.34. The number of anilines is 1. The third-order valence-electron chi connectivity index (χ3n) is 3.95. The molecule has 4 nitrogen and oxygen atoms in total. The zero-order valence-corrected chi connectivity index (χ0v) is 16.5. The third kappa shape index (κ3) is 5.12. The lowest BCUT2D eigenvalue weighted by Crippen LogP contribution is -2.26. The molecule has 3 aromatic rings. The number of carbonyl (C=O) groups excluding carboxylic acids is 2. The van der Waals surface area contributed by atoms with E-state index in [9.17, 15) is 9.59 Å². The van der Waals surface area contributed by atoms with Crippen LogP contribution in [0.1, 0.15) is 27.6 Å². The summed E-state index contributed by atoms with van der Waals surface area (Å²) in [6, 6.07) is 20.5. The van der Waals surface area contributed by atoms with Crippen LogP contribution in [0.2, 0.25) is 10.0 Å². The number of amides is 1. The second-order valence-electron chi connectivity index (χ2n) is 6.21. The molecular weight excluding hydrogens is 397 g/mol. The molecule has 6 heteroatoms. The average Bonchev–Trinajstić information content (AvgIpc) is 2.65. The minimum Gasteiger partial charge on any atom is -0.444 e. The topological polar surface area (TPSA) is 55.4 Å². The van der Waals surface area contributed by atoms with Gasteiger partial charge in [-0.15, -0.1) is 0 Å². The zero-order chi connectivity index (χ0) is 20.1. The Bertz CT molecular complexity index is 985. The van der Waals surface area contributed by atoms with Crippen LogP contribution >= 0.6 is 23.2 Å². The number of ether oxygens (including phenoxy) is 1. The summed E-state index contributed by atoms with van der Waals surface area (Å²) < 4.78 is 5.56. The van der Waals surface area contributed by atoms with Gasteiger partial charge in [0.15, 0.2) is 0 Å². The van der Waals surface area contributed by atoms with Crippen molar-refractivity contribution in [3.05, 3.63) is 99.5 Å². The van der Waals surface area contributed by atoms with Gasteiger partial charge in [-0.05, 0) is 37.3 Å².